The van der Waals surface area contributed by atoms with Crippen molar-refractivity contribution in [2.24, 2.45) is 0 Å². The Labute approximate surface area is 194 Å². The molecule has 2 aromatic rings. The van der Waals surface area contributed by atoms with E-state index in [9.17, 15) is 9.59 Å². The Bertz CT molecular complexity index is 1000. The van der Waals surface area contributed by atoms with Gasteiger partial charge in [0.2, 0.25) is 0 Å². The van der Waals surface area contributed by atoms with Crippen molar-refractivity contribution in [1.29, 1.82) is 0 Å². The lowest BCUT2D eigenvalue weighted by atomic mass is 9.98. The standard InChI is InChI=1S/C25H31ClN4O2/c1-17-20(26)7-6-8-21(17)28-25(32)24(31)27-16-23(30-12-4-3-5-13-30)18-9-10-22-19(15-18)11-14-29(22)2/h6-10,15,23H,3-5,11-14,16H2,1-2H3,(H,27,31)(H,28,32)/t23-/m0/s1. The summed E-state index contributed by atoms with van der Waals surface area (Å²) >= 11 is 6.12. The van der Waals surface area contributed by atoms with Gasteiger partial charge in [0.25, 0.3) is 0 Å². The summed E-state index contributed by atoms with van der Waals surface area (Å²) < 4.78 is 0. The summed E-state index contributed by atoms with van der Waals surface area (Å²) in [4.78, 5) is 29.8. The van der Waals surface area contributed by atoms with E-state index in [1.54, 1.807) is 18.2 Å². The molecule has 2 aromatic carbocycles. The molecule has 4 rings (SSSR count). The third kappa shape index (κ3) is 4.92. The zero-order valence-corrected chi connectivity index (χ0v) is 19.5. The Morgan fingerprint density at radius 2 is 1.84 bits per heavy atom. The third-order valence-corrected chi connectivity index (χ3v) is 7.04. The lowest BCUT2D eigenvalue weighted by Crippen LogP contribution is -2.43. The first-order valence-electron chi connectivity index (χ1n) is 11.4. The molecule has 0 saturated carbocycles. The minimum Gasteiger partial charge on any atom is -0.374 e. The van der Waals surface area contributed by atoms with Gasteiger partial charge < -0.3 is 15.5 Å². The topological polar surface area (TPSA) is 64.7 Å². The molecule has 6 nitrogen and oxygen atoms in total. The van der Waals surface area contributed by atoms with Gasteiger partial charge in [-0.05, 0) is 74.2 Å². The highest BCUT2D eigenvalue weighted by Gasteiger charge is 2.26. The van der Waals surface area contributed by atoms with Crippen LogP contribution in [0.15, 0.2) is 36.4 Å². The number of likely N-dealkylation sites (tertiary alicyclic amines) is 1. The molecule has 0 spiro atoms. The highest BCUT2D eigenvalue weighted by molar-refractivity contribution is 6.40. The van der Waals surface area contributed by atoms with Crippen LogP contribution < -0.4 is 15.5 Å². The van der Waals surface area contributed by atoms with Crippen LogP contribution in [-0.4, -0.2) is 49.9 Å². The first-order chi connectivity index (χ1) is 15.4. The van der Waals surface area contributed by atoms with Crippen molar-refractivity contribution in [1.82, 2.24) is 10.2 Å². The molecule has 2 amide bonds. The fourth-order valence-corrected chi connectivity index (χ4v) is 4.85. The molecule has 1 fully saturated rings. The summed E-state index contributed by atoms with van der Waals surface area (Å²) in [6, 6.07) is 11.9. The van der Waals surface area contributed by atoms with Gasteiger partial charge >= 0.3 is 11.8 Å². The predicted molar refractivity (Wildman–Crippen MR) is 129 cm³/mol. The highest BCUT2D eigenvalue weighted by atomic mass is 35.5. The molecule has 2 aliphatic heterocycles. The van der Waals surface area contributed by atoms with Crippen LogP contribution in [-0.2, 0) is 16.0 Å². The second-order valence-corrected chi connectivity index (χ2v) is 9.16. The number of fused-ring (bicyclic) bond motifs is 1. The molecule has 0 bridgehead atoms. The number of hydrogen-bond donors (Lipinski definition) is 2. The molecule has 170 valence electrons. The second-order valence-electron chi connectivity index (χ2n) is 8.75. The summed E-state index contributed by atoms with van der Waals surface area (Å²) in [5, 5.41) is 6.10. The predicted octanol–water partition coefficient (Wildman–Crippen LogP) is 3.92. The smallest absolute Gasteiger partial charge is 0.313 e. The van der Waals surface area contributed by atoms with E-state index in [1.165, 1.54) is 23.2 Å². The van der Waals surface area contributed by atoms with Crippen molar-refractivity contribution < 1.29 is 9.59 Å². The van der Waals surface area contributed by atoms with Crippen LogP contribution in [0.5, 0.6) is 0 Å². The minimum absolute atomic E-state index is 0.0520. The lowest BCUT2D eigenvalue weighted by molar-refractivity contribution is -0.136. The van der Waals surface area contributed by atoms with Crippen LogP contribution >= 0.6 is 11.6 Å². The van der Waals surface area contributed by atoms with Gasteiger partial charge in [-0.25, -0.2) is 0 Å². The number of hydrogen-bond acceptors (Lipinski definition) is 4. The number of carbonyl (C=O) groups excluding carboxylic acids is 2. The van der Waals surface area contributed by atoms with Gasteiger partial charge in [0.1, 0.15) is 0 Å². The number of amides is 2. The monoisotopic (exact) mass is 454 g/mol. The van der Waals surface area contributed by atoms with Crippen LogP contribution in [0, 0.1) is 6.92 Å². The minimum atomic E-state index is -0.677. The van der Waals surface area contributed by atoms with Gasteiger partial charge in [-0.3, -0.25) is 14.5 Å². The van der Waals surface area contributed by atoms with Crippen molar-refractivity contribution in [3.63, 3.8) is 0 Å². The molecule has 2 N–H and O–H groups in total. The van der Waals surface area contributed by atoms with Crippen molar-refractivity contribution in [3.8, 4) is 0 Å². The van der Waals surface area contributed by atoms with E-state index in [4.69, 9.17) is 11.6 Å². The molecule has 0 aliphatic carbocycles. The quantitative estimate of drug-likeness (QED) is 0.672. The van der Waals surface area contributed by atoms with Gasteiger partial charge in [-0.15, -0.1) is 0 Å². The summed E-state index contributed by atoms with van der Waals surface area (Å²) in [6.45, 7) is 5.26. The number of anilines is 2. The average molecular weight is 455 g/mol. The summed E-state index contributed by atoms with van der Waals surface area (Å²) in [5.74, 6) is -1.31. The number of carbonyl (C=O) groups is 2. The second kappa shape index (κ2) is 9.92. The van der Waals surface area contributed by atoms with Crippen LogP contribution in [0.2, 0.25) is 5.02 Å². The molecule has 0 radical (unpaired) electrons. The Morgan fingerprint density at radius 3 is 2.62 bits per heavy atom. The highest BCUT2D eigenvalue weighted by Crippen LogP contribution is 2.32. The zero-order chi connectivity index (χ0) is 22.7. The molecule has 2 heterocycles. The maximum Gasteiger partial charge on any atom is 0.313 e. The van der Waals surface area contributed by atoms with Gasteiger partial charge in [0, 0.05) is 36.5 Å². The lowest BCUT2D eigenvalue weighted by Gasteiger charge is -2.35. The number of benzene rings is 2. The number of rotatable bonds is 5. The molecule has 1 saturated heterocycles. The fraction of sp³-hybridized carbons (Fsp3) is 0.440. The first kappa shape index (κ1) is 22.6. The van der Waals surface area contributed by atoms with E-state index in [-0.39, 0.29) is 6.04 Å². The Kier molecular flexibility index (Phi) is 7.01. The molecule has 32 heavy (non-hydrogen) atoms. The maximum atomic E-state index is 12.6. The molecule has 0 unspecified atom stereocenters. The van der Waals surface area contributed by atoms with Gasteiger partial charge in [0.15, 0.2) is 0 Å². The largest absolute Gasteiger partial charge is 0.374 e. The van der Waals surface area contributed by atoms with E-state index in [0.717, 1.165) is 44.5 Å². The van der Waals surface area contributed by atoms with Crippen molar-refractivity contribution in [3.05, 3.63) is 58.1 Å². The number of nitrogens with one attached hydrogen (secondary N) is 2. The van der Waals surface area contributed by atoms with Crippen LogP contribution in [0.25, 0.3) is 0 Å². The summed E-state index contributed by atoms with van der Waals surface area (Å²) in [6.07, 6.45) is 4.60. The first-order valence-corrected chi connectivity index (χ1v) is 11.7. The Morgan fingerprint density at radius 1 is 1.06 bits per heavy atom. The van der Waals surface area contributed by atoms with Crippen LogP contribution in [0.3, 0.4) is 0 Å². The van der Waals surface area contributed by atoms with Crippen molar-refractivity contribution >= 4 is 34.8 Å². The van der Waals surface area contributed by atoms with E-state index in [1.807, 2.05) is 6.92 Å². The molecule has 1 atom stereocenters. The van der Waals surface area contributed by atoms with Crippen LogP contribution in [0.4, 0.5) is 11.4 Å². The van der Waals surface area contributed by atoms with E-state index in [0.29, 0.717) is 17.3 Å². The van der Waals surface area contributed by atoms with Gasteiger partial charge in [-0.1, -0.05) is 36.2 Å². The van der Waals surface area contributed by atoms with Crippen LogP contribution in [0.1, 0.15) is 42.0 Å². The number of nitrogens with zero attached hydrogens (tertiary/aromatic N) is 2. The Balaban J connectivity index is 1.46. The molecule has 7 heteroatoms. The maximum absolute atomic E-state index is 12.6. The summed E-state index contributed by atoms with van der Waals surface area (Å²) in [5.41, 5.74) is 5.13. The third-order valence-electron chi connectivity index (χ3n) is 6.63. The molecular weight excluding hydrogens is 424 g/mol. The van der Waals surface area contributed by atoms with Gasteiger partial charge in [0.05, 0.1) is 6.04 Å². The Hall–Kier alpha value is -2.57. The zero-order valence-electron chi connectivity index (χ0n) is 18.8. The molecular formula is C25H31ClN4O2. The van der Waals surface area contributed by atoms with E-state index in [2.05, 4.69) is 45.7 Å². The fourth-order valence-electron chi connectivity index (χ4n) is 4.67. The SMILES string of the molecule is Cc1c(Cl)cccc1NC(=O)C(=O)NC[C@@H](c1ccc2c(c1)CCN2C)N1CCCCC1. The normalized spacial score (nSPS) is 17.0. The number of likely N-dealkylation sites (N-methyl/N-ethyl adjacent to an activating group) is 1. The molecule has 2 aliphatic rings. The van der Waals surface area contributed by atoms with Crippen molar-refractivity contribution in [2.45, 2.75) is 38.6 Å². The molecule has 0 aromatic heterocycles. The van der Waals surface area contributed by atoms with E-state index < -0.39 is 11.8 Å². The van der Waals surface area contributed by atoms with E-state index >= 15 is 0 Å². The summed E-state index contributed by atoms with van der Waals surface area (Å²) in [7, 11) is 2.12. The van der Waals surface area contributed by atoms with Gasteiger partial charge in [-0.2, -0.15) is 0 Å². The van der Waals surface area contributed by atoms with Crippen molar-refractivity contribution in [2.75, 3.05) is 43.4 Å². The number of piperidine rings is 1. The average Bonchev–Trinajstić information content (AvgIpc) is 3.17. The number of halogens is 1.